The van der Waals surface area contributed by atoms with E-state index in [-0.39, 0.29) is 5.91 Å². The van der Waals surface area contributed by atoms with Gasteiger partial charge in [-0.25, -0.2) is 8.42 Å². The van der Waals surface area contributed by atoms with E-state index in [2.05, 4.69) is 10.0 Å². The van der Waals surface area contributed by atoms with Gasteiger partial charge >= 0.3 is 0 Å². The molecular formula is C21H20N2O4S. The van der Waals surface area contributed by atoms with Crippen molar-refractivity contribution in [2.75, 3.05) is 16.3 Å². The predicted octanol–water partition coefficient (Wildman–Crippen LogP) is 3.89. The Morgan fingerprint density at radius 1 is 0.857 bits per heavy atom. The molecule has 0 heterocycles. The quantitative estimate of drug-likeness (QED) is 0.635. The fourth-order valence-electron chi connectivity index (χ4n) is 2.48. The Kier molecular flexibility index (Phi) is 5.96. The molecule has 28 heavy (non-hydrogen) atoms. The Labute approximate surface area is 164 Å². The van der Waals surface area contributed by atoms with Crippen LogP contribution in [0.25, 0.3) is 0 Å². The fourth-order valence-corrected chi connectivity index (χ4v) is 3.05. The van der Waals surface area contributed by atoms with Crippen molar-refractivity contribution in [3.05, 3.63) is 90.0 Å². The van der Waals surface area contributed by atoms with Crippen LogP contribution in [0.1, 0.15) is 15.9 Å². The summed E-state index contributed by atoms with van der Waals surface area (Å²) in [5, 5.41) is 2.79. The van der Waals surface area contributed by atoms with Gasteiger partial charge in [0.2, 0.25) is 10.0 Å². The Morgan fingerprint density at radius 2 is 1.46 bits per heavy atom. The summed E-state index contributed by atoms with van der Waals surface area (Å²) >= 11 is 0. The largest absolute Gasteiger partial charge is 0.489 e. The molecule has 0 aliphatic rings. The molecule has 0 aromatic heterocycles. The van der Waals surface area contributed by atoms with Crippen LogP contribution in [0, 0.1) is 0 Å². The highest BCUT2D eigenvalue weighted by molar-refractivity contribution is 7.92. The number of ether oxygens (including phenoxy) is 1. The molecule has 144 valence electrons. The van der Waals surface area contributed by atoms with Crippen LogP contribution in [-0.2, 0) is 16.6 Å². The molecule has 3 rings (SSSR count). The van der Waals surface area contributed by atoms with E-state index in [1.54, 1.807) is 36.4 Å². The zero-order valence-corrected chi connectivity index (χ0v) is 16.1. The average Bonchev–Trinajstić information content (AvgIpc) is 2.67. The van der Waals surface area contributed by atoms with Crippen molar-refractivity contribution in [2.24, 2.45) is 0 Å². The van der Waals surface area contributed by atoms with Gasteiger partial charge in [-0.15, -0.1) is 0 Å². The number of hydrogen-bond acceptors (Lipinski definition) is 4. The highest BCUT2D eigenvalue weighted by atomic mass is 32.2. The molecule has 0 spiro atoms. The molecule has 0 saturated heterocycles. The van der Waals surface area contributed by atoms with Crippen LogP contribution in [0.2, 0.25) is 0 Å². The van der Waals surface area contributed by atoms with Gasteiger partial charge in [-0.1, -0.05) is 30.3 Å². The van der Waals surface area contributed by atoms with Crippen molar-refractivity contribution >= 4 is 27.3 Å². The molecule has 0 fully saturated rings. The van der Waals surface area contributed by atoms with Crippen LogP contribution in [-0.4, -0.2) is 20.6 Å². The summed E-state index contributed by atoms with van der Waals surface area (Å²) in [6.45, 7) is 0.473. The number of rotatable bonds is 7. The lowest BCUT2D eigenvalue weighted by Crippen LogP contribution is -2.13. The van der Waals surface area contributed by atoms with Crippen molar-refractivity contribution in [3.8, 4) is 5.75 Å². The van der Waals surface area contributed by atoms with Crippen LogP contribution in [0.4, 0.5) is 11.4 Å². The fraction of sp³-hybridized carbons (Fsp3) is 0.0952. The van der Waals surface area contributed by atoms with Crippen LogP contribution >= 0.6 is 0 Å². The number of amides is 1. The maximum atomic E-state index is 12.3. The first-order valence-corrected chi connectivity index (χ1v) is 10.4. The Hall–Kier alpha value is -3.32. The molecule has 0 aliphatic carbocycles. The summed E-state index contributed by atoms with van der Waals surface area (Å²) in [7, 11) is -3.35. The van der Waals surface area contributed by atoms with E-state index in [9.17, 15) is 13.2 Å². The smallest absolute Gasteiger partial charge is 0.255 e. The second-order valence-corrected chi connectivity index (χ2v) is 7.95. The Morgan fingerprint density at radius 3 is 2.07 bits per heavy atom. The second kappa shape index (κ2) is 8.58. The van der Waals surface area contributed by atoms with Gasteiger partial charge in [0.15, 0.2) is 0 Å². The first-order chi connectivity index (χ1) is 13.4. The monoisotopic (exact) mass is 396 g/mol. The number of sulfonamides is 1. The van der Waals surface area contributed by atoms with E-state index in [4.69, 9.17) is 4.74 Å². The topological polar surface area (TPSA) is 84.5 Å². The molecule has 1 amide bonds. The number of benzene rings is 3. The number of carbonyl (C=O) groups excluding carboxylic acids is 1. The molecule has 3 aromatic rings. The Balaban J connectivity index is 1.56. The highest BCUT2D eigenvalue weighted by Crippen LogP contribution is 2.18. The van der Waals surface area contributed by atoms with Gasteiger partial charge in [-0.3, -0.25) is 9.52 Å². The minimum atomic E-state index is -3.35. The van der Waals surface area contributed by atoms with Crippen LogP contribution in [0.15, 0.2) is 78.9 Å². The number of hydrogen-bond donors (Lipinski definition) is 2. The summed E-state index contributed by atoms with van der Waals surface area (Å²) < 4.78 is 30.5. The van der Waals surface area contributed by atoms with Gasteiger partial charge in [0.05, 0.1) is 6.26 Å². The molecule has 0 atom stereocenters. The maximum absolute atomic E-state index is 12.3. The summed E-state index contributed by atoms with van der Waals surface area (Å²) in [5.74, 6) is 0.418. The van der Waals surface area contributed by atoms with Crippen molar-refractivity contribution in [1.82, 2.24) is 0 Å². The molecule has 3 aromatic carbocycles. The molecule has 0 unspecified atom stereocenters. The van der Waals surface area contributed by atoms with Crippen molar-refractivity contribution in [3.63, 3.8) is 0 Å². The van der Waals surface area contributed by atoms with E-state index in [0.29, 0.717) is 29.3 Å². The maximum Gasteiger partial charge on any atom is 0.255 e. The zero-order valence-electron chi connectivity index (χ0n) is 15.3. The number of anilines is 2. The van der Waals surface area contributed by atoms with Gasteiger partial charge < -0.3 is 10.1 Å². The van der Waals surface area contributed by atoms with Gasteiger partial charge in [0.1, 0.15) is 12.4 Å². The van der Waals surface area contributed by atoms with E-state index < -0.39 is 10.0 Å². The third kappa shape index (κ3) is 5.85. The zero-order chi connectivity index (χ0) is 20.0. The van der Waals surface area contributed by atoms with E-state index in [1.807, 2.05) is 30.3 Å². The van der Waals surface area contributed by atoms with Crippen molar-refractivity contribution in [1.29, 1.82) is 0 Å². The lowest BCUT2D eigenvalue weighted by molar-refractivity contribution is 0.102. The van der Waals surface area contributed by atoms with E-state index in [1.165, 1.54) is 12.1 Å². The Bertz CT molecular complexity index is 1030. The SMILES string of the molecule is CS(=O)(=O)Nc1ccc(C(=O)Nc2ccc(OCc3ccccc3)cc2)cc1. The summed E-state index contributed by atoms with van der Waals surface area (Å²) in [4.78, 5) is 12.3. The van der Waals surface area contributed by atoms with Crippen LogP contribution in [0.5, 0.6) is 5.75 Å². The molecule has 0 bridgehead atoms. The van der Waals surface area contributed by atoms with E-state index >= 15 is 0 Å². The standard InChI is InChI=1S/C21H20N2O4S/c1-28(25,26)23-19-9-7-17(8-10-19)21(24)22-18-11-13-20(14-12-18)27-15-16-5-3-2-4-6-16/h2-14,23H,15H2,1H3,(H,22,24). The van der Waals surface area contributed by atoms with Gasteiger partial charge in [0.25, 0.3) is 5.91 Å². The van der Waals surface area contributed by atoms with Gasteiger partial charge in [0, 0.05) is 16.9 Å². The van der Waals surface area contributed by atoms with Crippen LogP contribution in [0.3, 0.4) is 0 Å². The minimum Gasteiger partial charge on any atom is -0.489 e. The third-order valence-corrected chi connectivity index (χ3v) is 4.42. The third-order valence-electron chi connectivity index (χ3n) is 3.81. The molecule has 0 saturated carbocycles. The summed E-state index contributed by atoms with van der Waals surface area (Å²) in [6, 6.07) is 23.1. The minimum absolute atomic E-state index is 0.288. The normalized spacial score (nSPS) is 10.9. The first-order valence-electron chi connectivity index (χ1n) is 8.55. The molecule has 0 radical (unpaired) electrons. The van der Waals surface area contributed by atoms with E-state index in [0.717, 1.165) is 11.8 Å². The van der Waals surface area contributed by atoms with Crippen LogP contribution < -0.4 is 14.8 Å². The predicted molar refractivity (Wildman–Crippen MR) is 110 cm³/mol. The van der Waals surface area contributed by atoms with Gasteiger partial charge in [-0.2, -0.15) is 0 Å². The lowest BCUT2D eigenvalue weighted by atomic mass is 10.2. The highest BCUT2D eigenvalue weighted by Gasteiger charge is 2.08. The molecule has 6 nitrogen and oxygen atoms in total. The molecule has 7 heteroatoms. The molecular weight excluding hydrogens is 376 g/mol. The molecule has 0 aliphatic heterocycles. The van der Waals surface area contributed by atoms with Crippen molar-refractivity contribution in [2.45, 2.75) is 6.61 Å². The lowest BCUT2D eigenvalue weighted by Gasteiger charge is -2.09. The summed E-state index contributed by atoms with van der Waals surface area (Å²) in [6.07, 6.45) is 1.07. The number of carbonyl (C=O) groups is 1. The average molecular weight is 396 g/mol. The second-order valence-electron chi connectivity index (χ2n) is 6.20. The first kappa shape index (κ1) is 19.4. The number of nitrogens with one attached hydrogen (secondary N) is 2. The summed E-state index contributed by atoms with van der Waals surface area (Å²) in [5.41, 5.74) is 2.53. The molecule has 2 N–H and O–H groups in total. The van der Waals surface area contributed by atoms with Gasteiger partial charge in [-0.05, 0) is 54.1 Å². The van der Waals surface area contributed by atoms with Crippen molar-refractivity contribution < 1.29 is 17.9 Å².